The van der Waals surface area contributed by atoms with Crippen LogP contribution in [0.1, 0.15) is 99.0 Å². The van der Waals surface area contributed by atoms with Crippen LogP contribution < -0.4 is 31.7 Å². The van der Waals surface area contributed by atoms with E-state index in [9.17, 15) is 32.7 Å². The van der Waals surface area contributed by atoms with E-state index < -0.39 is 83.1 Å². The zero-order chi connectivity index (χ0) is 44.0. The van der Waals surface area contributed by atoms with E-state index in [-0.39, 0.29) is 22.8 Å². The van der Waals surface area contributed by atoms with Crippen molar-refractivity contribution in [3.05, 3.63) is 54.1 Å². The van der Waals surface area contributed by atoms with Crippen molar-refractivity contribution >= 4 is 40.8 Å². The topological polar surface area (TPSA) is 227 Å². The van der Waals surface area contributed by atoms with Crippen LogP contribution in [-0.2, 0) is 44.9 Å². The van der Waals surface area contributed by atoms with Crippen LogP contribution in [0.25, 0.3) is 11.1 Å². The molecule has 60 heavy (non-hydrogen) atoms. The zero-order valence-corrected chi connectivity index (χ0v) is 36.9. The van der Waals surface area contributed by atoms with Gasteiger partial charge in [-0.3, -0.25) is 19.2 Å². The third kappa shape index (κ3) is 11.0. The van der Waals surface area contributed by atoms with Gasteiger partial charge in [-0.15, -0.1) is 0 Å². The van der Waals surface area contributed by atoms with E-state index in [1.165, 1.54) is 31.5 Å². The highest BCUT2D eigenvalue weighted by atomic mass is 32.2. The van der Waals surface area contributed by atoms with Crippen LogP contribution in [0.3, 0.4) is 0 Å². The Labute approximate surface area is 355 Å². The van der Waals surface area contributed by atoms with Gasteiger partial charge in [0.1, 0.15) is 18.1 Å². The molecular formula is C43H65BN6O9S. The van der Waals surface area contributed by atoms with Crippen LogP contribution in [0.2, 0.25) is 0 Å². The van der Waals surface area contributed by atoms with Gasteiger partial charge in [0.15, 0.2) is 0 Å². The Balaban J connectivity index is 1.11. The summed E-state index contributed by atoms with van der Waals surface area (Å²) in [6.45, 7) is 13.0. The molecule has 3 aliphatic carbocycles. The number of benzene rings is 2. The van der Waals surface area contributed by atoms with E-state index in [1.54, 1.807) is 12.1 Å². The molecule has 1 heterocycles. The molecule has 0 radical (unpaired) electrons. The Kier molecular flexibility index (Phi) is 15.6. The summed E-state index contributed by atoms with van der Waals surface area (Å²) in [5.41, 5.74) is 8.43. The minimum absolute atomic E-state index is 0.0552. The molecule has 4 amide bonds. The van der Waals surface area contributed by atoms with E-state index in [4.69, 9.17) is 15.0 Å². The van der Waals surface area contributed by atoms with Crippen LogP contribution in [0.5, 0.6) is 0 Å². The van der Waals surface area contributed by atoms with Gasteiger partial charge in [0.05, 0.1) is 35.2 Å². The molecule has 2 aromatic rings. The highest BCUT2D eigenvalue weighted by Crippen LogP contribution is 2.65. The lowest BCUT2D eigenvalue weighted by molar-refractivity contribution is -0.199. The van der Waals surface area contributed by atoms with E-state index >= 15 is 0 Å². The Bertz CT molecular complexity index is 1930. The van der Waals surface area contributed by atoms with Gasteiger partial charge in [0.25, 0.3) is 0 Å². The summed E-state index contributed by atoms with van der Waals surface area (Å²) in [4.78, 5) is 53.1. The van der Waals surface area contributed by atoms with E-state index in [0.29, 0.717) is 31.2 Å². The average Bonchev–Trinajstić information content (AvgIpc) is 3.58. The van der Waals surface area contributed by atoms with E-state index in [0.717, 1.165) is 43.2 Å². The first-order chi connectivity index (χ1) is 28.3. The lowest BCUT2D eigenvalue weighted by Crippen LogP contribution is -2.65. The smallest absolute Gasteiger partial charge is 0.404 e. The molecule has 6 rings (SSSR count). The predicted octanol–water partition coefficient (Wildman–Crippen LogP) is 2.73. The molecule has 1 saturated heterocycles. The third-order valence-electron chi connectivity index (χ3n) is 12.9. The molecule has 2 bridgehead atoms. The highest BCUT2D eigenvalue weighted by Gasteiger charge is 2.68. The second kappa shape index (κ2) is 19.9. The fraction of sp³-hybridized carbons (Fsp3) is 0.628. The maximum absolute atomic E-state index is 13.6. The van der Waals surface area contributed by atoms with Crippen molar-refractivity contribution in [2.75, 3.05) is 13.1 Å². The maximum Gasteiger partial charge on any atom is 0.481 e. The van der Waals surface area contributed by atoms with Crippen LogP contribution in [0, 0.1) is 17.3 Å². The van der Waals surface area contributed by atoms with Crippen LogP contribution in [0.15, 0.2) is 53.4 Å². The summed E-state index contributed by atoms with van der Waals surface area (Å²) in [6, 6.07) is 10.7. The van der Waals surface area contributed by atoms with Gasteiger partial charge >= 0.3 is 7.12 Å². The predicted molar refractivity (Wildman–Crippen MR) is 229 cm³/mol. The van der Waals surface area contributed by atoms with Gasteiger partial charge in [-0.1, -0.05) is 63.6 Å². The number of aliphatic hydroxyl groups is 1. The number of carbonyl (C=O) groups is 4. The maximum atomic E-state index is 13.6. The van der Waals surface area contributed by atoms with Crippen molar-refractivity contribution in [3.8, 4) is 11.1 Å². The Morgan fingerprint density at radius 3 is 2.12 bits per heavy atom. The van der Waals surface area contributed by atoms with Gasteiger partial charge in [-0.2, -0.15) is 0 Å². The molecular weight excluding hydrogens is 787 g/mol. The zero-order valence-electron chi connectivity index (χ0n) is 36.1. The number of hydrogen-bond donors (Lipinski definition) is 7. The lowest BCUT2D eigenvalue weighted by Gasteiger charge is -2.64. The van der Waals surface area contributed by atoms with E-state index in [2.05, 4.69) is 65.8 Å². The summed E-state index contributed by atoms with van der Waals surface area (Å²) in [7, 11) is -4.77. The Morgan fingerprint density at radius 2 is 1.52 bits per heavy atom. The van der Waals surface area contributed by atoms with Crippen molar-refractivity contribution in [1.29, 1.82) is 0 Å². The van der Waals surface area contributed by atoms with Crippen molar-refractivity contribution in [1.82, 2.24) is 26.0 Å². The molecule has 1 aliphatic heterocycles. The minimum atomic E-state index is -4.11. The summed E-state index contributed by atoms with van der Waals surface area (Å²) in [5.74, 6) is -2.47. The first-order valence-electron chi connectivity index (χ1n) is 21.4. The van der Waals surface area contributed by atoms with Gasteiger partial charge in [0, 0.05) is 0 Å². The molecule has 17 heteroatoms. The summed E-state index contributed by atoms with van der Waals surface area (Å²) >= 11 is 0. The molecule has 6 unspecified atom stereocenters. The summed E-state index contributed by atoms with van der Waals surface area (Å²) < 4.78 is 41.2. The minimum Gasteiger partial charge on any atom is -0.404 e. The molecule has 0 aromatic heterocycles. The van der Waals surface area contributed by atoms with Gasteiger partial charge < -0.3 is 41.4 Å². The number of hydrogen-bond acceptors (Lipinski definition) is 10. The number of carbonyl (C=O) groups excluding carboxylic acids is 4. The monoisotopic (exact) mass is 852 g/mol. The third-order valence-corrected chi connectivity index (χ3v) is 14.3. The molecule has 8 N–H and O–H groups in total. The quantitative estimate of drug-likeness (QED) is 0.0718. The number of nitrogens with one attached hydrogen (secondary N) is 5. The molecule has 330 valence electrons. The number of aliphatic hydroxyl groups excluding tert-OH is 1. The largest absolute Gasteiger partial charge is 0.481 e. The normalized spacial score (nSPS) is 24.1. The molecule has 2 aromatic carbocycles. The number of aryl methyl sites for hydroxylation is 1. The molecule has 3 saturated carbocycles. The first-order valence-corrected chi connectivity index (χ1v) is 22.9. The first kappa shape index (κ1) is 47.2. The van der Waals surface area contributed by atoms with Crippen LogP contribution >= 0.6 is 0 Å². The fourth-order valence-corrected chi connectivity index (χ4v) is 9.86. The second-order valence-corrected chi connectivity index (χ2v) is 19.4. The van der Waals surface area contributed by atoms with E-state index in [1.807, 2.05) is 19.1 Å². The number of unbranched alkanes of at least 4 members (excludes halogenated alkanes) is 2. The molecule has 9 atom stereocenters. The van der Waals surface area contributed by atoms with Gasteiger partial charge in [-0.25, -0.2) is 13.1 Å². The molecule has 0 spiro atoms. The Hall–Kier alpha value is -3.87. The lowest BCUT2D eigenvalue weighted by atomic mass is 9.43. The van der Waals surface area contributed by atoms with Crippen molar-refractivity contribution in [3.63, 3.8) is 0 Å². The Morgan fingerprint density at radius 1 is 0.867 bits per heavy atom. The van der Waals surface area contributed by atoms with Crippen LogP contribution in [-0.4, -0.2) is 99.2 Å². The fourth-order valence-electron chi connectivity index (χ4n) is 8.88. The number of sulfonamides is 1. The number of rotatable bonds is 21. The highest BCUT2D eigenvalue weighted by molar-refractivity contribution is 7.89. The van der Waals surface area contributed by atoms with Crippen molar-refractivity contribution in [2.24, 2.45) is 23.0 Å². The second-order valence-electron chi connectivity index (χ2n) is 17.6. The van der Waals surface area contributed by atoms with Crippen LogP contribution in [0.4, 0.5) is 0 Å². The van der Waals surface area contributed by atoms with Crippen molar-refractivity contribution < 1.29 is 42.0 Å². The van der Waals surface area contributed by atoms with Crippen molar-refractivity contribution in [2.45, 2.75) is 147 Å². The SMILES string of the molecule is CCCCc1ccc(-c2ccc(S(=O)(=O)NCC(=O)NC(C(=O)N[C@@H](C)C(=O)NC(CCCCN)C(=O)N[C@@H](C)B3OC4CC5CC(C5(C)C)[C@]4(C)O3)C(C)O)cc2)cc1. The van der Waals surface area contributed by atoms with Gasteiger partial charge in [-0.05, 0) is 125 Å². The molecule has 15 nitrogen and oxygen atoms in total. The summed E-state index contributed by atoms with van der Waals surface area (Å²) in [5, 5.41) is 20.9. The molecule has 4 fully saturated rings. The molecule has 4 aliphatic rings. The average molecular weight is 853 g/mol. The number of amides is 4. The standard InChI is InChI=1S/C43H65BN6O9S/c1-8-9-12-29-14-16-30(17-15-29)31-18-20-33(21-19-31)60(56,57)46-25-37(52)50-38(27(3)51)41(55)47-26(2)39(53)49-34(13-10-11-22-45)40(54)48-28(4)44-58-36-24-32-23-35(42(32,5)6)43(36,7)59-44/h14-21,26-28,32,34-36,38,46,51H,8-13,22-25,45H2,1-7H3,(H,47,55)(H,48,54)(H,49,53)(H,50,52)/t26-,27?,28-,32?,34?,35?,36?,38?,43-/m0/s1. The number of nitrogens with two attached hydrogens (primary N) is 1. The van der Waals surface area contributed by atoms with Gasteiger partial charge in [0.2, 0.25) is 33.7 Å². The summed E-state index contributed by atoms with van der Waals surface area (Å²) in [6.07, 6.45) is 5.21.